The monoisotopic (exact) mass is 344 g/mol. The molecule has 128 valence electrons. The van der Waals surface area contributed by atoms with Crippen molar-refractivity contribution in [3.8, 4) is 5.13 Å². The molecule has 1 aliphatic carbocycles. The summed E-state index contributed by atoms with van der Waals surface area (Å²) in [5.74, 6) is 0.0516. The molecule has 0 atom stereocenters. The van der Waals surface area contributed by atoms with Gasteiger partial charge in [-0.3, -0.25) is 9.36 Å². The zero-order valence-corrected chi connectivity index (χ0v) is 15.1. The Kier molecular flexibility index (Phi) is 4.18. The number of amides is 1. The van der Waals surface area contributed by atoms with Gasteiger partial charge in [-0.15, -0.1) is 11.3 Å². The van der Waals surface area contributed by atoms with E-state index in [0.717, 1.165) is 54.1 Å². The Labute approximate surface area is 146 Å². The van der Waals surface area contributed by atoms with Gasteiger partial charge in [0.15, 0.2) is 5.13 Å². The second-order valence-electron chi connectivity index (χ2n) is 6.95. The largest absolute Gasteiger partial charge is 0.349 e. The molecule has 1 saturated carbocycles. The Morgan fingerprint density at radius 3 is 2.62 bits per heavy atom. The molecule has 0 unspecified atom stereocenters. The van der Waals surface area contributed by atoms with Crippen molar-refractivity contribution >= 4 is 17.2 Å². The van der Waals surface area contributed by atoms with Gasteiger partial charge in [-0.05, 0) is 45.6 Å². The van der Waals surface area contributed by atoms with Crippen molar-refractivity contribution in [1.82, 2.24) is 19.8 Å². The van der Waals surface area contributed by atoms with Crippen LogP contribution in [0.25, 0.3) is 5.13 Å². The highest BCUT2D eigenvalue weighted by Gasteiger charge is 2.32. The summed E-state index contributed by atoms with van der Waals surface area (Å²) in [4.78, 5) is 19.7. The molecule has 1 N–H and O–H groups in total. The number of hydrogen-bond acceptors (Lipinski definition) is 4. The van der Waals surface area contributed by atoms with E-state index in [1.165, 1.54) is 12.8 Å². The van der Waals surface area contributed by atoms with E-state index in [9.17, 15) is 4.79 Å². The molecule has 5 nitrogen and oxygen atoms in total. The van der Waals surface area contributed by atoms with Gasteiger partial charge in [0, 0.05) is 48.1 Å². The highest BCUT2D eigenvalue weighted by molar-refractivity contribution is 7.12. The van der Waals surface area contributed by atoms with Gasteiger partial charge >= 0.3 is 0 Å². The van der Waals surface area contributed by atoms with Crippen LogP contribution in [0.5, 0.6) is 0 Å². The van der Waals surface area contributed by atoms with E-state index < -0.39 is 0 Å². The van der Waals surface area contributed by atoms with Gasteiger partial charge in [0.25, 0.3) is 5.91 Å². The average molecular weight is 344 g/mol. The van der Waals surface area contributed by atoms with E-state index in [2.05, 4.69) is 19.8 Å². The van der Waals surface area contributed by atoms with Crippen LogP contribution < -0.4 is 5.32 Å². The Hall–Kier alpha value is -1.66. The molecule has 0 aromatic carbocycles. The third-order valence-electron chi connectivity index (χ3n) is 5.21. The number of aryl methyl sites for hydroxylation is 1. The fourth-order valence-corrected chi connectivity index (χ4v) is 4.48. The van der Waals surface area contributed by atoms with Crippen molar-refractivity contribution in [3.05, 3.63) is 34.6 Å². The first-order chi connectivity index (χ1) is 11.6. The molecule has 6 heteroatoms. The van der Waals surface area contributed by atoms with Gasteiger partial charge in [-0.1, -0.05) is 0 Å². The molecular formula is C18H24N4OS. The number of thiazole rings is 1. The number of carbonyl (C=O) groups excluding carboxylic acids is 1. The maximum atomic E-state index is 12.7. The summed E-state index contributed by atoms with van der Waals surface area (Å²) in [7, 11) is 0. The number of carbonyl (C=O) groups is 1. The van der Waals surface area contributed by atoms with Gasteiger partial charge < -0.3 is 10.2 Å². The van der Waals surface area contributed by atoms with Crippen LogP contribution in [0.4, 0.5) is 0 Å². The fraction of sp³-hybridized carbons (Fsp3) is 0.556. The fourth-order valence-electron chi connectivity index (χ4n) is 3.73. The summed E-state index contributed by atoms with van der Waals surface area (Å²) in [6, 6.07) is 3.11. The minimum Gasteiger partial charge on any atom is -0.349 e. The van der Waals surface area contributed by atoms with E-state index in [4.69, 9.17) is 0 Å². The van der Waals surface area contributed by atoms with Crippen LogP contribution in [0.1, 0.15) is 47.4 Å². The first kappa shape index (κ1) is 15.8. The first-order valence-corrected chi connectivity index (χ1v) is 9.65. The molecule has 2 aromatic heterocycles. The van der Waals surface area contributed by atoms with Crippen molar-refractivity contribution < 1.29 is 4.79 Å². The number of likely N-dealkylation sites (tertiary alicyclic amines) is 1. The Bertz CT molecular complexity index is 725. The van der Waals surface area contributed by atoms with Crippen LogP contribution in [-0.2, 0) is 0 Å². The number of rotatable bonds is 4. The number of piperidine rings is 1. The van der Waals surface area contributed by atoms with E-state index in [1.807, 2.05) is 25.3 Å². The van der Waals surface area contributed by atoms with Gasteiger partial charge in [0.2, 0.25) is 0 Å². The Balaban J connectivity index is 1.44. The highest BCUT2D eigenvalue weighted by Crippen LogP contribution is 2.29. The number of hydrogen-bond donors (Lipinski definition) is 1. The minimum absolute atomic E-state index is 0.0516. The molecule has 2 fully saturated rings. The predicted octanol–water partition coefficient (Wildman–Crippen LogP) is 2.91. The predicted molar refractivity (Wildman–Crippen MR) is 96.0 cm³/mol. The number of nitrogens with one attached hydrogen (secondary N) is 1. The molecule has 4 rings (SSSR count). The van der Waals surface area contributed by atoms with Gasteiger partial charge in [0.05, 0.1) is 5.56 Å². The van der Waals surface area contributed by atoms with Crippen molar-refractivity contribution in [2.45, 2.75) is 51.6 Å². The average Bonchev–Trinajstić information content (AvgIpc) is 3.20. The normalized spacial score (nSPS) is 19.6. The molecule has 0 spiro atoms. The molecule has 2 aromatic rings. The summed E-state index contributed by atoms with van der Waals surface area (Å²) in [5.41, 5.74) is 2.79. The summed E-state index contributed by atoms with van der Waals surface area (Å²) in [5, 5.41) is 6.12. The van der Waals surface area contributed by atoms with Gasteiger partial charge in [-0.25, -0.2) is 4.98 Å². The quantitative estimate of drug-likeness (QED) is 0.928. The minimum atomic E-state index is 0.0516. The molecule has 1 aliphatic heterocycles. The van der Waals surface area contributed by atoms with Crippen LogP contribution >= 0.6 is 11.3 Å². The van der Waals surface area contributed by atoms with E-state index >= 15 is 0 Å². The molecule has 0 radical (unpaired) electrons. The van der Waals surface area contributed by atoms with Crippen molar-refractivity contribution in [1.29, 1.82) is 0 Å². The van der Waals surface area contributed by atoms with Crippen LogP contribution in [0.3, 0.4) is 0 Å². The third kappa shape index (κ3) is 3.00. The maximum Gasteiger partial charge on any atom is 0.253 e. The zero-order valence-electron chi connectivity index (χ0n) is 14.3. The molecule has 2 aliphatic rings. The zero-order chi connectivity index (χ0) is 16.7. The van der Waals surface area contributed by atoms with E-state index in [1.54, 1.807) is 17.5 Å². The first-order valence-electron chi connectivity index (χ1n) is 8.77. The molecule has 3 heterocycles. The summed E-state index contributed by atoms with van der Waals surface area (Å²) in [6.07, 6.45) is 6.65. The van der Waals surface area contributed by atoms with Crippen LogP contribution in [0.15, 0.2) is 17.6 Å². The van der Waals surface area contributed by atoms with Gasteiger partial charge in [-0.2, -0.15) is 0 Å². The lowest BCUT2D eigenvalue weighted by molar-refractivity contribution is 0.0908. The lowest BCUT2D eigenvalue weighted by atomic mass is 10.0. The maximum absolute atomic E-state index is 12.7. The smallest absolute Gasteiger partial charge is 0.253 e. The molecular weight excluding hydrogens is 320 g/mol. The number of nitrogens with zero attached hydrogens (tertiary/aromatic N) is 3. The molecule has 1 amide bonds. The summed E-state index contributed by atoms with van der Waals surface area (Å²) >= 11 is 1.59. The Morgan fingerprint density at radius 1 is 1.25 bits per heavy atom. The van der Waals surface area contributed by atoms with Gasteiger partial charge in [0.1, 0.15) is 0 Å². The Morgan fingerprint density at radius 2 is 2.00 bits per heavy atom. The highest BCUT2D eigenvalue weighted by atomic mass is 32.1. The molecule has 1 saturated heterocycles. The van der Waals surface area contributed by atoms with Crippen molar-refractivity contribution in [2.24, 2.45) is 0 Å². The molecule has 24 heavy (non-hydrogen) atoms. The standard InChI is InChI=1S/C18H24N4OS/c1-12-11-16(13(2)22(12)18-19-7-10-24-18)17(23)20-14-5-8-21(9-6-14)15-3-4-15/h7,10-11,14-15H,3-6,8-9H2,1-2H3,(H,20,23). The van der Waals surface area contributed by atoms with Crippen LogP contribution in [0.2, 0.25) is 0 Å². The topological polar surface area (TPSA) is 50.2 Å². The SMILES string of the molecule is Cc1cc(C(=O)NC2CCN(C3CC3)CC2)c(C)n1-c1nccs1. The van der Waals surface area contributed by atoms with Crippen molar-refractivity contribution in [2.75, 3.05) is 13.1 Å². The summed E-state index contributed by atoms with van der Waals surface area (Å²) < 4.78 is 2.06. The second kappa shape index (κ2) is 6.33. The number of aromatic nitrogens is 2. The van der Waals surface area contributed by atoms with Crippen molar-refractivity contribution in [3.63, 3.8) is 0 Å². The van der Waals surface area contributed by atoms with Crippen LogP contribution in [-0.4, -0.2) is 45.5 Å². The van der Waals surface area contributed by atoms with E-state index in [-0.39, 0.29) is 5.91 Å². The lowest BCUT2D eigenvalue weighted by Gasteiger charge is -2.32. The second-order valence-corrected chi connectivity index (χ2v) is 7.82. The molecule has 0 bridgehead atoms. The lowest BCUT2D eigenvalue weighted by Crippen LogP contribution is -2.45. The summed E-state index contributed by atoms with van der Waals surface area (Å²) in [6.45, 7) is 6.26. The van der Waals surface area contributed by atoms with Crippen LogP contribution in [0, 0.1) is 13.8 Å². The third-order valence-corrected chi connectivity index (χ3v) is 5.97. The van der Waals surface area contributed by atoms with E-state index in [0.29, 0.717) is 6.04 Å².